The molecule has 1 amide bonds. The van der Waals surface area contributed by atoms with Gasteiger partial charge in [-0.15, -0.1) is 0 Å². The molecule has 36 heavy (non-hydrogen) atoms. The highest BCUT2D eigenvalue weighted by atomic mass is 16.5. The summed E-state index contributed by atoms with van der Waals surface area (Å²) in [5.41, 5.74) is 4.20. The van der Waals surface area contributed by atoms with Crippen molar-refractivity contribution in [2.75, 3.05) is 55.9 Å². The lowest BCUT2D eigenvalue weighted by Crippen LogP contribution is -2.41. The number of imidazole rings is 1. The number of morpholine rings is 2. The summed E-state index contributed by atoms with van der Waals surface area (Å²) >= 11 is 0. The Morgan fingerprint density at radius 1 is 0.917 bits per heavy atom. The highest BCUT2D eigenvalue weighted by molar-refractivity contribution is 5.95. The molecule has 0 atom stereocenters. The molecule has 10 heteroatoms. The Morgan fingerprint density at radius 3 is 2.50 bits per heavy atom. The second-order valence-electron chi connectivity index (χ2n) is 8.71. The highest BCUT2D eigenvalue weighted by Crippen LogP contribution is 2.32. The standard InChI is InChI=1S/C26H27N7O3/c1-2-32-24(18-6-8-27-9-7-18)28-22-25(31-10-13-35-14-11-31)29-23(30-26(22)32)19-4-3-5-20(16-19)33-12-15-36-17-21(33)34/h3-9,16H,2,10-15,17H2,1H3. The molecule has 0 N–H and O–H groups in total. The number of nitrogens with zero attached hydrogens (tertiary/aromatic N) is 7. The van der Waals surface area contributed by atoms with E-state index in [2.05, 4.69) is 21.4 Å². The fourth-order valence-corrected chi connectivity index (χ4v) is 4.74. The molecular weight excluding hydrogens is 458 g/mol. The molecule has 0 saturated carbocycles. The average Bonchev–Trinajstić information content (AvgIpc) is 3.32. The maximum Gasteiger partial charge on any atom is 0.253 e. The fourth-order valence-electron chi connectivity index (χ4n) is 4.74. The largest absolute Gasteiger partial charge is 0.378 e. The van der Waals surface area contributed by atoms with Crippen LogP contribution >= 0.6 is 0 Å². The lowest BCUT2D eigenvalue weighted by Gasteiger charge is -2.28. The molecule has 6 rings (SSSR count). The number of hydrogen-bond acceptors (Lipinski definition) is 8. The van der Waals surface area contributed by atoms with E-state index in [-0.39, 0.29) is 12.5 Å². The summed E-state index contributed by atoms with van der Waals surface area (Å²) in [6.45, 7) is 6.69. The van der Waals surface area contributed by atoms with Crippen molar-refractivity contribution in [1.82, 2.24) is 24.5 Å². The molecule has 4 aromatic rings. The van der Waals surface area contributed by atoms with Gasteiger partial charge in [-0.3, -0.25) is 9.78 Å². The average molecular weight is 486 g/mol. The first kappa shape index (κ1) is 22.6. The van der Waals surface area contributed by atoms with Crippen LogP contribution in [0.25, 0.3) is 33.9 Å². The van der Waals surface area contributed by atoms with E-state index in [4.69, 9.17) is 24.4 Å². The Balaban J connectivity index is 1.52. The predicted octanol–water partition coefficient (Wildman–Crippen LogP) is 2.78. The van der Waals surface area contributed by atoms with E-state index in [1.54, 1.807) is 17.3 Å². The van der Waals surface area contributed by atoms with Crippen LogP contribution in [0.15, 0.2) is 48.8 Å². The van der Waals surface area contributed by atoms with Gasteiger partial charge in [0.25, 0.3) is 5.91 Å². The molecule has 0 bridgehead atoms. The third-order valence-corrected chi connectivity index (χ3v) is 6.54. The molecule has 0 aliphatic carbocycles. The minimum atomic E-state index is -0.0465. The van der Waals surface area contributed by atoms with E-state index in [1.165, 1.54) is 0 Å². The van der Waals surface area contributed by atoms with Crippen LogP contribution in [0.4, 0.5) is 11.5 Å². The van der Waals surface area contributed by atoms with Crippen LogP contribution in [0, 0.1) is 0 Å². The monoisotopic (exact) mass is 485 g/mol. The normalized spacial score (nSPS) is 16.6. The third-order valence-electron chi connectivity index (χ3n) is 6.54. The Kier molecular flexibility index (Phi) is 6.04. The smallest absolute Gasteiger partial charge is 0.253 e. The number of anilines is 2. The van der Waals surface area contributed by atoms with E-state index in [0.29, 0.717) is 38.7 Å². The Bertz CT molecular complexity index is 1400. The van der Waals surface area contributed by atoms with Crippen molar-refractivity contribution >= 4 is 28.6 Å². The Hall–Kier alpha value is -3.89. The summed E-state index contributed by atoms with van der Waals surface area (Å²) in [6.07, 6.45) is 3.54. The molecular formula is C26H27N7O3. The summed E-state index contributed by atoms with van der Waals surface area (Å²) in [7, 11) is 0. The number of aromatic nitrogens is 5. The van der Waals surface area contributed by atoms with Gasteiger partial charge in [-0.1, -0.05) is 12.1 Å². The molecule has 184 valence electrons. The molecule has 0 unspecified atom stereocenters. The second kappa shape index (κ2) is 9.63. The fraction of sp³-hybridized carbons (Fsp3) is 0.346. The number of rotatable bonds is 5. The van der Waals surface area contributed by atoms with Crippen molar-refractivity contribution in [2.24, 2.45) is 0 Å². The van der Waals surface area contributed by atoms with Crippen molar-refractivity contribution in [3.63, 3.8) is 0 Å². The first-order chi connectivity index (χ1) is 17.7. The van der Waals surface area contributed by atoms with Crippen LogP contribution in [0.1, 0.15) is 6.92 Å². The molecule has 5 heterocycles. The number of benzene rings is 1. The Morgan fingerprint density at radius 2 is 1.72 bits per heavy atom. The van der Waals surface area contributed by atoms with Crippen molar-refractivity contribution < 1.29 is 14.3 Å². The molecule has 2 saturated heterocycles. The summed E-state index contributed by atoms with van der Waals surface area (Å²) in [5, 5.41) is 0. The topological polar surface area (TPSA) is 98.5 Å². The highest BCUT2D eigenvalue weighted by Gasteiger charge is 2.25. The lowest BCUT2D eigenvalue weighted by atomic mass is 10.1. The van der Waals surface area contributed by atoms with Gasteiger partial charge in [0, 0.05) is 55.4 Å². The number of pyridine rings is 1. The van der Waals surface area contributed by atoms with Crippen molar-refractivity contribution in [3.05, 3.63) is 48.8 Å². The molecule has 0 radical (unpaired) electrons. The van der Waals surface area contributed by atoms with Gasteiger partial charge in [-0.25, -0.2) is 15.0 Å². The first-order valence-electron chi connectivity index (χ1n) is 12.2. The number of carbonyl (C=O) groups excluding carboxylic acids is 1. The number of fused-ring (bicyclic) bond motifs is 1. The first-order valence-corrected chi connectivity index (χ1v) is 12.2. The molecule has 10 nitrogen and oxygen atoms in total. The second-order valence-corrected chi connectivity index (χ2v) is 8.71. The van der Waals surface area contributed by atoms with Crippen molar-refractivity contribution in [2.45, 2.75) is 13.5 Å². The zero-order chi connectivity index (χ0) is 24.5. The summed E-state index contributed by atoms with van der Waals surface area (Å²) < 4.78 is 13.0. The molecule has 2 aliphatic rings. The van der Waals surface area contributed by atoms with Gasteiger partial charge < -0.3 is 23.8 Å². The number of aryl methyl sites for hydroxylation is 1. The molecule has 2 aliphatic heterocycles. The molecule has 2 fully saturated rings. The van der Waals surface area contributed by atoms with Crippen LogP contribution in [-0.2, 0) is 20.8 Å². The van der Waals surface area contributed by atoms with Crippen LogP contribution in [0.2, 0.25) is 0 Å². The zero-order valence-corrected chi connectivity index (χ0v) is 20.1. The third kappa shape index (κ3) is 4.08. The summed E-state index contributed by atoms with van der Waals surface area (Å²) in [4.78, 5) is 35.6. The minimum Gasteiger partial charge on any atom is -0.378 e. The van der Waals surface area contributed by atoms with Crippen LogP contribution in [0.5, 0.6) is 0 Å². The molecule has 1 aromatic carbocycles. The van der Waals surface area contributed by atoms with Crippen LogP contribution < -0.4 is 9.80 Å². The number of carbonyl (C=O) groups is 1. The van der Waals surface area contributed by atoms with Gasteiger partial charge in [0.05, 0.1) is 19.8 Å². The lowest BCUT2D eigenvalue weighted by molar-refractivity contribution is -0.125. The SMILES string of the molecule is CCn1c(-c2ccncc2)nc2c(N3CCOCC3)nc(-c3cccc(N4CCOCC4=O)c3)nc21. The van der Waals surface area contributed by atoms with Crippen molar-refractivity contribution in [3.8, 4) is 22.8 Å². The van der Waals surface area contributed by atoms with Gasteiger partial charge in [-0.05, 0) is 31.2 Å². The van der Waals surface area contributed by atoms with Crippen LogP contribution in [-0.4, -0.2) is 76.5 Å². The van der Waals surface area contributed by atoms with Gasteiger partial charge in [0.1, 0.15) is 12.4 Å². The Labute approximate surface area is 208 Å². The van der Waals surface area contributed by atoms with E-state index >= 15 is 0 Å². The van der Waals surface area contributed by atoms with E-state index in [1.807, 2.05) is 36.4 Å². The quantitative estimate of drug-likeness (QED) is 0.426. The van der Waals surface area contributed by atoms with Crippen molar-refractivity contribution in [1.29, 1.82) is 0 Å². The van der Waals surface area contributed by atoms with E-state index < -0.39 is 0 Å². The van der Waals surface area contributed by atoms with Gasteiger partial charge >= 0.3 is 0 Å². The maximum absolute atomic E-state index is 12.4. The summed E-state index contributed by atoms with van der Waals surface area (Å²) in [6, 6.07) is 11.7. The summed E-state index contributed by atoms with van der Waals surface area (Å²) in [5.74, 6) is 2.19. The number of hydrogen-bond donors (Lipinski definition) is 0. The van der Waals surface area contributed by atoms with Crippen LogP contribution in [0.3, 0.4) is 0 Å². The molecule has 3 aromatic heterocycles. The predicted molar refractivity (Wildman–Crippen MR) is 136 cm³/mol. The zero-order valence-electron chi connectivity index (χ0n) is 20.1. The van der Waals surface area contributed by atoms with Gasteiger partial charge in [0.2, 0.25) is 0 Å². The van der Waals surface area contributed by atoms with Gasteiger partial charge in [0.15, 0.2) is 22.8 Å². The van der Waals surface area contributed by atoms with E-state index in [9.17, 15) is 4.79 Å². The maximum atomic E-state index is 12.4. The van der Waals surface area contributed by atoms with Gasteiger partial charge in [-0.2, -0.15) is 0 Å². The minimum absolute atomic E-state index is 0.0465. The number of ether oxygens (including phenoxy) is 2. The molecule has 0 spiro atoms. The van der Waals surface area contributed by atoms with E-state index in [0.717, 1.165) is 52.7 Å². The number of amides is 1.